The number of aromatic nitrogens is 1. The molecule has 32 heavy (non-hydrogen) atoms. The van der Waals surface area contributed by atoms with Crippen molar-refractivity contribution in [1.29, 1.82) is 0 Å². The molecule has 4 rings (SSSR count). The van der Waals surface area contributed by atoms with Crippen molar-refractivity contribution in [3.05, 3.63) is 100 Å². The number of nitrogens with zero attached hydrogens (tertiary/aromatic N) is 1. The van der Waals surface area contributed by atoms with Gasteiger partial charge in [-0.1, -0.05) is 83.0 Å². The molecule has 5 heteroatoms. The summed E-state index contributed by atoms with van der Waals surface area (Å²) in [5.74, 6) is -0.750. The monoisotopic (exact) mass is 487 g/mol. The summed E-state index contributed by atoms with van der Waals surface area (Å²) in [6.45, 7) is 3.85. The minimum absolute atomic E-state index is 0.209. The van der Waals surface area contributed by atoms with E-state index in [4.69, 9.17) is 9.72 Å². The first-order valence-corrected chi connectivity index (χ1v) is 11.2. The molecule has 0 N–H and O–H groups in total. The number of ketones is 1. The predicted molar refractivity (Wildman–Crippen MR) is 130 cm³/mol. The Morgan fingerprint density at radius 2 is 1.69 bits per heavy atom. The molecule has 4 nitrogen and oxygen atoms in total. The Morgan fingerprint density at radius 3 is 2.38 bits per heavy atom. The predicted octanol–water partition coefficient (Wildman–Crippen LogP) is 6.79. The highest BCUT2D eigenvalue weighted by molar-refractivity contribution is 9.10. The molecule has 160 valence electrons. The van der Waals surface area contributed by atoms with Crippen LogP contribution in [0.15, 0.2) is 83.3 Å². The van der Waals surface area contributed by atoms with E-state index in [-0.39, 0.29) is 5.78 Å². The van der Waals surface area contributed by atoms with Gasteiger partial charge >= 0.3 is 5.97 Å². The van der Waals surface area contributed by atoms with Crippen molar-refractivity contribution in [2.75, 3.05) is 0 Å². The van der Waals surface area contributed by atoms with E-state index in [0.29, 0.717) is 34.1 Å². The number of rotatable bonds is 6. The molecule has 0 aliphatic rings. The molecule has 0 aliphatic heterocycles. The first-order valence-electron chi connectivity index (χ1n) is 10.4. The number of pyridine rings is 1. The molecule has 0 aliphatic carbocycles. The molecule has 0 amide bonds. The van der Waals surface area contributed by atoms with Gasteiger partial charge in [-0.15, -0.1) is 0 Å². The Balaban J connectivity index is 1.74. The third-order valence-corrected chi connectivity index (χ3v) is 5.80. The van der Waals surface area contributed by atoms with Gasteiger partial charge in [-0.2, -0.15) is 0 Å². The number of fused-ring (bicyclic) bond motifs is 1. The Bertz CT molecular complexity index is 1280. The summed E-state index contributed by atoms with van der Waals surface area (Å²) in [6, 6.07) is 24.2. The summed E-state index contributed by atoms with van der Waals surface area (Å²) in [4.78, 5) is 30.9. The van der Waals surface area contributed by atoms with Gasteiger partial charge in [0.05, 0.1) is 16.8 Å². The van der Waals surface area contributed by atoms with Gasteiger partial charge in [-0.05, 0) is 37.6 Å². The lowest BCUT2D eigenvalue weighted by Crippen LogP contribution is -2.27. The SMILES string of the molecule is CC[C@H](OC(=O)c1cc(-c2ccc(C)cc2)nc2ccc(Br)cc12)C(=O)c1ccccc1. The number of carbonyl (C=O) groups excluding carboxylic acids is 2. The minimum atomic E-state index is -0.858. The minimum Gasteiger partial charge on any atom is -0.450 e. The van der Waals surface area contributed by atoms with E-state index in [2.05, 4.69) is 15.9 Å². The third kappa shape index (κ3) is 4.63. The van der Waals surface area contributed by atoms with E-state index in [0.717, 1.165) is 15.6 Å². The van der Waals surface area contributed by atoms with Crippen LogP contribution in [0.4, 0.5) is 0 Å². The molecule has 0 radical (unpaired) electrons. The molecule has 0 saturated carbocycles. The molecular formula is C27H22BrNO3. The highest BCUT2D eigenvalue weighted by Crippen LogP contribution is 2.28. The fraction of sp³-hybridized carbons (Fsp3) is 0.148. The fourth-order valence-corrected chi connectivity index (χ4v) is 3.90. The molecule has 1 aromatic heterocycles. The van der Waals surface area contributed by atoms with Crippen molar-refractivity contribution in [1.82, 2.24) is 4.98 Å². The zero-order valence-electron chi connectivity index (χ0n) is 17.8. The zero-order valence-corrected chi connectivity index (χ0v) is 19.4. The Labute approximate surface area is 195 Å². The van der Waals surface area contributed by atoms with Gasteiger partial charge in [0.1, 0.15) is 0 Å². The summed E-state index contributed by atoms with van der Waals surface area (Å²) in [5.41, 5.74) is 4.31. The van der Waals surface area contributed by atoms with E-state index in [9.17, 15) is 9.59 Å². The molecule has 4 aromatic rings. The Hall–Kier alpha value is -3.31. The quantitative estimate of drug-likeness (QED) is 0.222. The number of Topliss-reactive ketones (excluding diaryl/α,β-unsaturated/α-hetero) is 1. The van der Waals surface area contributed by atoms with Crippen LogP contribution >= 0.6 is 15.9 Å². The van der Waals surface area contributed by atoms with Gasteiger partial charge < -0.3 is 4.74 Å². The first-order chi connectivity index (χ1) is 15.5. The number of ether oxygens (including phenoxy) is 1. The molecule has 3 aromatic carbocycles. The number of aryl methyl sites for hydroxylation is 1. The Kier molecular flexibility index (Phi) is 6.47. The summed E-state index contributed by atoms with van der Waals surface area (Å²) in [6.07, 6.45) is -0.472. The van der Waals surface area contributed by atoms with Crippen LogP contribution in [0.2, 0.25) is 0 Å². The van der Waals surface area contributed by atoms with Gasteiger partial charge in [0.25, 0.3) is 0 Å². The van der Waals surface area contributed by atoms with Crippen molar-refractivity contribution in [2.24, 2.45) is 0 Å². The second-order valence-corrected chi connectivity index (χ2v) is 8.53. The second kappa shape index (κ2) is 9.45. The number of hydrogen-bond donors (Lipinski definition) is 0. The smallest absolute Gasteiger partial charge is 0.339 e. The van der Waals surface area contributed by atoms with Crippen LogP contribution in [0.5, 0.6) is 0 Å². The summed E-state index contributed by atoms with van der Waals surface area (Å²) in [5, 5.41) is 0.669. The summed E-state index contributed by atoms with van der Waals surface area (Å²) < 4.78 is 6.56. The molecule has 1 heterocycles. The van der Waals surface area contributed by atoms with Gasteiger partial charge in [-0.3, -0.25) is 4.79 Å². The molecule has 0 saturated heterocycles. The molecule has 0 spiro atoms. The largest absolute Gasteiger partial charge is 0.450 e. The van der Waals surface area contributed by atoms with Gasteiger partial charge in [0.15, 0.2) is 6.10 Å². The van der Waals surface area contributed by atoms with E-state index in [1.54, 1.807) is 30.3 Å². The van der Waals surface area contributed by atoms with Crippen molar-refractivity contribution in [3.63, 3.8) is 0 Å². The van der Waals surface area contributed by atoms with Crippen LogP contribution < -0.4 is 0 Å². The topological polar surface area (TPSA) is 56.3 Å². The van der Waals surface area contributed by atoms with Gasteiger partial charge in [0, 0.05) is 21.0 Å². The average Bonchev–Trinajstić information content (AvgIpc) is 2.82. The lowest BCUT2D eigenvalue weighted by Gasteiger charge is -2.17. The highest BCUT2D eigenvalue weighted by Gasteiger charge is 2.25. The van der Waals surface area contributed by atoms with Gasteiger partial charge in [-0.25, -0.2) is 9.78 Å². The van der Waals surface area contributed by atoms with E-state index in [1.807, 2.05) is 62.4 Å². The van der Waals surface area contributed by atoms with Crippen molar-refractivity contribution < 1.29 is 14.3 Å². The van der Waals surface area contributed by atoms with Crippen molar-refractivity contribution in [2.45, 2.75) is 26.4 Å². The standard InChI is InChI=1S/C27H22BrNO3/c1-3-25(26(30)19-7-5-4-6-8-19)32-27(31)22-16-24(18-11-9-17(2)10-12-18)29-23-14-13-20(28)15-21(22)23/h4-16,25H,3H2,1-2H3/t25-/m0/s1. The maximum atomic E-state index is 13.3. The molecular weight excluding hydrogens is 466 g/mol. The zero-order chi connectivity index (χ0) is 22.7. The lowest BCUT2D eigenvalue weighted by atomic mass is 10.0. The van der Waals surface area contributed by atoms with E-state index >= 15 is 0 Å². The molecule has 0 bridgehead atoms. The van der Waals surface area contributed by atoms with E-state index in [1.165, 1.54) is 0 Å². The maximum Gasteiger partial charge on any atom is 0.339 e. The van der Waals surface area contributed by atoms with E-state index < -0.39 is 12.1 Å². The van der Waals surface area contributed by atoms with Crippen LogP contribution in [-0.2, 0) is 4.74 Å². The number of benzene rings is 3. The first kappa shape index (κ1) is 21.9. The molecule has 0 fully saturated rings. The Morgan fingerprint density at radius 1 is 0.969 bits per heavy atom. The van der Waals surface area contributed by atoms with Crippen LogP contribution in [-0.4, -0.2) is 22.8 Å². The third-order valence-electron chi connectivity index (χ3n) is 5.31. The lowest BCUT2D eigenvalue weighted by molar-refractivity contribution is 0.0279. The number of carbonyl (C=O) groups is 2. The molecule has 1 atom stereocenters. The fourth-order valence-electron chi connectivity index (χ4n) is 3.54. The van der Waals surface area contributed by atoms with Crippen LogP contribution in [0.3, 0.4) is 0 Å². The van der Waals surface area contributed by atoms with Crippen LogP contribution in [0.25, 0.3) is 22.2 Å². The number of hydrogen-bond acceptors (Lipinski definition) is 4. The number of esters is 1. The van der Waals surface area contributed by atoms with Crippen molar-refractivity contribution >= 4 is 38.6 Å². The highest BCUT2D eigenvalue weighted by atomic mass is 79.9. The van der Waals surface area contributed by atoms with Crippen molar-refractivity contribution in [3.8, 4) is 11.3 Å². The normalized spacial score (nSPS) is 11.8. The summed E-state index contributed by atoms with van der Waals surface area (Å²) >= 11 is 3.47. The van der Waals surface area contributed by atoms with Crippen LogP contribution in [0, 0.1) is 6.92 Å². The van der Waals surface area contributed by atoms with Gasteiger partial charge in [0.2, 0.25) is 5.78 Å². The second-order valence-electron chi connectivity index (χ2n) is 7.62. The van der Waals surface area contributed by atoms with Crippen LogP contribution in [0.1, 0.15) is 39.6 Å². The maximum absolute atomic E-state index is 13.3. The molecule has 0 unspecified atom stereocenters. The average molecular weight is 488 g/mol. The summed E-state index contributed by atoms with van der Waals surface area (Å²) in [7, 11) is 0. The number of halogens is 1.